The van der Waals surface area contributed by atoms with Crippen LogP contribution in [0, 0.1) is 0 Å². The van der Waals surface area contributed by atoms with Gasteiger partial charge < -0.3 is 5.11 Å². The first kappa shape index (κ1) is 14.7. The van der Waals surface area contributed by atoms with Crippen molar-refractivity contribution < 1.29 is 5.11 Å². The summed E-state index contributed by atoms with van der Waals surface area (Å²) < 4.78 is 0. The van der Waals surface area contributed by atoms with Gasteiger partial charge in [0.2, 0.25) is 0 Å². The molecule has 0 aliphatic rings. The van der Waals surface area contributed by atoms with Gasteiger partial charge in [0.1, 0.15) is 0 Å². The maximum absolute atomic E-state index is 12.0. The minimum Gasteiger partial charge on any atom is -0.872 e. The highest BCUT2D eigenvalue weighted by molar-refractivity contribution is 5.81. The van der Waals surface area contributed by atoms with Crippen LogP contribution in [0.2, 0.25) is 0 Å². The molecule has 3 heteroatoms. The van der Waals surface area contributed by atoms with Crippen LogP contribution in [-0.4, -0.2) is 0 Å². The highest BCUT2D eigenvalue weighted by Gasteiger charge is 2.03. The molecule has 0 unspecified atom stereocenters. The van der Waals surface area contributed by atoms with Gasteiger partial charge in [0.15, 0.2) is 0 Å². The molecular weight excluding hydrogens is 236 g/mol. The second-order valence-electron chi connectivity index (χ2n) is 3.68. The SMILES string of the molecule is C=CC([O-])=C(c1ccccc1)c1ccccc1.NN. The van der Waals surface area contributed by atoms with Crippen LogP contribution in [0.25, 0.3) is 5.57 Å². The van der Waals surface area contributed by atoms with Crippen molar-refractivity contribution in [2.75, 3.05) is 0 Å². The van der Waals surface area contributed by atoms with Crippen molar-refractivity contribution in [3.63, 3.8) is 0 Å². The Labute approximate surface area is 113 Å². The fourth-order valence-corrected chi connectivity index (χ4v) is 1.76. The van der Waals surface area contributed by atoms with Gasteiger partial charge in [0.25, 0.3) is 0 Å². The standard InChI is InChI=1S/C16H14O.H4N2/c1-2-15(17)16(13-9-5-3-6-10-13)14-11-7-4-8-12-14;1-2/h2-12,17H,1H2;1-2H2/p-1. The van der Waals surface area contributed by atoms with Crippen molar-refractivity contribution in [3.05, 3.63) is 90.2 Å². The number of allylic oxidation sites excluding steroid dienone is 1. The largest absolute Gasteiger partial charge is 0.872 e. The lowest BCUT2D eigenvalue weighted by molar-refractivity contribution is -0.293. The number of hydrogen-bond acceptors (Lipinski definition) is 3. The van der Waals surface area contributed by atoms with Crippen molar-refractivity contribution in [1.82, 2.24) is 0 Å². The zero-order valence-electron chi connectivity index (χ0n) is 10.6. The molecule has 0 fully saturated rings. The fraction of sp³-hybridized carbons (Fsp3) is 0. The molecule has 2 aromatic carbocycles. The van der Waals surface area contributed by atoms with Gasteiger partial charge in [-0.15, -0.1) is 5.76 Å². The Morgan fingerprint density at radius 1 is 0.842 bits per heavy atom. The molecule has 3 nitrogen and oxygen atoms in total. The maximum atomic E-state index is 12.0. The van der Waals surface area contributed by atoms with E-state index in [0.29, 0.717) is 5.57 Å². The van der Waals surface area contributed by atoms with Gasteiger partial charge in [-0.2, -0.15) is 0 Å². The molecule has 0 spiro atoms. The average molecular weight is 253 g/mol. The zero-order valence-corrected chi connectivity index (χ0v) is 10.6. The Morgan fingerprint density at radius 3 is 1.53 bits per heavy atom. The Kier molecular flexibility index (Phi) is 6.09. The summed E-state index contributed by atoms with van der Waals surface area (Å²) in [6.07, 6.45) is 1.36. The number of hydrogen-bond donors (Lipinski definition) is 2. The van der Waals surface area contributed by atoms with E-state index in [4.69, 9.17) is 0 Å². The van der Waals surface area contributed by atoms with E-state index in [-0.39, 0.29) is 5.76 Å². The molecule has 2 aromatic rings. The number of benzene rings is 2. The Balaban J connectivity index is 0.000000861. The highest BCUT2D eigenvalue weighted by Crippen LogP contribution is 2.24. The highest BCUT2D eigenvalue weighted by atomic mass is 16.3. The van der Waals surface area contributed by atoms with Crippen molar-refractivity contribution >= 4 is 5.57 Å². The van der Waals surface area contributed by atoms with Crippen LogP contribution >= 0.6 is 0 Å². The van der Waals surface area contributed by atoms with Crippen LogP contribution in [-0.2, 0) is 0 Å². The van der Waals surface area contributed by atoms with E-state index in [9.17, 15) is 5.11 Å². The molecule has 0 aliphatic heterocycles. The molecule has 0 aromatic heterocycles. The molecular formula is C16H17N2O-. The fourth-order valence-electron chi connectivity index (χ4n) is 1.76. The van der Waals surface area contributed by atoms with Crippen molar-refractivity contribution in [1.29, 1.82) is 0 Å². The van der Waals surface area contributed by atoms with Crippen LogP contribution in [0.3, 0.4) is 0 Å². The summed E-state index contributed by atoms with van der Waals surface area (Å²) >= 11 is 0. The third-order valence-electron chi connectivity index (χ3n) is 2.56. The van der Waals surface area contributed by atoms with E-state index < -0.39 is 0 Å². The number of nitrogens with two attached hydrogens (primary N) is 2. The van der Waals surface area contributed by atoms with Gasteiger partial charge >= 0.3 is 0 Å². The smallest absolute Gasteiger partial charge is 0.0184 e. The Bertz CT molecular complexity index is 492. The predicted octanol–water partition coefficient (Wildman–Crippen LogP) is 1.81. The summed E-state index contributed by atoms with van der Waals surface area (Å²) in [4.78, 5) is 0. The first-order chi connectivity index (χ1) is 9.33. The van der Waals surface area contributed by atoms with Gasteiger partial charge in [-0.25, -0.2) is 0 Å². The Hall–Kier alpha value is -2.36. The normalized spacial score (nSPS) is 8.95. The summed E-state index contributed by atoms with van der Waals surface area (Å²) in [6, 6.07) is 19.3. The van der Waals surface area contributed by atoms with Gasteiger partial charge in [0.05, 0.1) is 0 Å². The van der Waals surface area contributed by atoms with E-state index in [1.807, 2.05) is 60.7 Å². The van der Waals surface area contributed by atoms with E-state index in [1.54, 1.807) is 0 Å². The molecule has 0 aliphatic carbocycles. The molecule has 0 radical (unpaired) electrons. The second kappa shape index (κ2) is 7.87. The summed E-state index contributed by atoms with van der Waals surface area (Å²) in [5, 5.41) is 12.0. The molecule has 0 bridgehead atoms. The van der Waals surface area contributed by atoms with Gasteiger partial charge in [-0.3, -0.25) is 11.7 Å². The minimum atomic E-state index is -0.0533. The van der Waals surface area contributed by atoms with E-state index in [0.717, 1.165) is 11.1 Å². The number of hydrazine groups is 1. The minimum absolute atomic E-state index is 0.0533. The van der Waals surface area contributed by atoms with E-state index >= 15 is 0 Å². The van der Waals surface area contributed by atoms with E-state index in [1.165, 1.54) is 6.08 Å². The lowest BCUT2D eigenvalue weighted by atomic mass is 9.97. The van der Waals surface area contributed by atoms with Gasteiger partial charge in [0, 0.05) is 0 Å². The van der Waals surface area contributed by atoms with Crippen LogP contribution in [0.5, 0.6) is 0 Å². The summed E-state index contributed by atoms with van der Waals surface area (Å²) in [5.41, 5.74) is 2.54. The predicted molar refractivity (Wildman–Crippen MR) is 77.5 cm³/mol. The monoisotopic (exact) mass is 253 g/mol. The topological polar surface area (TPSA) is 75.1 Å². The molecule has 19 heavy (non-hydrogen) atoms. The molecule has 0 saturated carbocycles. The number of rotatable bonds is 3. The average Bonchev–Trinajstić information content (AvgIpc) is 2.51. The molecule has 4 N–H and O–H groups in total. The second-order valence-corrected chi connectivity index (χ2v) is 3.68. The Morgan fingerprint density at radius 2 is 1.21 bits per heavy atom. The molecule has 0 saturated heterocycles. The summed E-state index contributed by atoms with van der Waals surface area (Å²) in [7, 11) is 0. The first-order valence-corrected chi connectivity index (χ1v) is 5.81. The third kappa shape index (κ3) is 3.81. The van der Waals surface area contributed by atoms with E-state index in [2.05, 4.69) is 18.3 Å². The van der Waals surface area contributed by atoms with Crippen LogP contribution in [0.15, 0.2) is 79.1 Å². The molecule has 2 rings (SSSR count). The first-order valence-electron chi connectivity index (χ1n) is 5.81. The van der Waals surface area contributed by atoms with Crippen molar-refractivity contribution in [3.8, 4) is 0 Å². The zero-order chi connectivity index (χ0) is 14.1. The van der Waals surface area contributed by atoms with Crippen molar-refractivity contribution in [2.45, 2.75) is 0 Å². The third-order valence-corrected chi connectivity index (χ3v) is 2.56. The molecule has 0 heterocycles. The van der Waals surface area contributed by atoms with Gasteiger partial charge in [-0.05, 0) is 16.7 Å². The maximum Gasteiger partial charge on any atom is -0.0184 e. The lowest BCUT2D eigenvalue weighted by Crippen LogP contribution is -2.05. The summed E-state index contributed by atoms with van der Waals surface area (Å²) in [6.45, 7) is 3.56. The van der Waals surface area contributed by atoms with Gasteiger partial charge in [-0.1, -0.05) is 73.3 Å². The van der Waals surface area contributed by atoms with Crippen LogP contribution in [0.1, 0.15) is 11.1 Å². The quantitative estimate of drug-likeness (QED) is 0.379. The van der Waals surface area contributed by atoms with Crippen LogP contribution in [0.4, 0.5) is 0 Å². The molecule has 0 atom stereocenters. The van der Waals surface area contributed by atoms with Crippen molar-refractivity contribution in [2.24, 2.45) is 11.7 Å². The molecule has 98 valence electrons. The molecule has 0 amide bonds. The lowest BCUT2D eigenvalue weighted by Gasteiger charge is -2.17. The van der Waals surface area contributed by atoms with Crippen LogP contribution < -0.4 is 16.8 Å². The summed E-state index contributed by atoms with van der Waals surface area (Å²) in [5.74, 6) is 7.95.